The van der Waals surface area contributed by atoms with E-state index in [9.17, 15) is 14.9 Å². The quantitative estimate of drug-likeness (QED) is 0.408. The van der Waals surface area contributed by atoms with Gasteiger partial charge in [0, 0.05) is 22.5 Å². The summed E-state index contributed by atoms with van der Waals surface area (Å²) in [5.41, 5.74) is 4.14. The zero-order chi connectivity index (χ0) is 26.2. The summed E-state index contributed by atoms with van der Waals surface area (Å²) in [6, 6.07) is 15.9. The summed E-state index contributed by atoms with van der Waals surface area (Å²) in [4.78, 5) is 26.7. The Morgan fingerprint density at radius 1 is 1.14 bits per heavy atom. The molecule has 4 aromatic rings. The number of Topliss-reactive ketones (excluding diaryl/α,β-unsaturated/α-hetero) is 1. The molecule has 0 bridgehead atoms. The number of nitriles is 1. The third-order valence-corrected chi connectivity index (χ3v) is 7.18. The molecule has 0 spiro atoms. The van der Waals surface area contributed by atoms with Gasteiger partial charge in [0.15, 0.2) is 5.78 Å². The molecule has 0 saturated heterocycles. The summed E-state index contributed by atoms with van der Waals surface area (Å²) in [5, 5.41) is 9.93. The van der Waals surface area contributed by atoms with Crippen molar-refractivity contribution in [2.45, 2.75) is 48.1 Å². The zero-order valence-electron chi connectivity index (χ0n) is 21.4. The molecule has 6 nitrogen and oxygen atoms in total. The van der Waals surface area contributed by atoms with Gasteiger partial charge in [-0.1, -0.05) is 32.9 Å². The summed E-state index contributed by atoms with van der Waals surface area (Å²) in [6.45, 7) is 11.5. The van der Waals surface area contributed by atoms with Gasteiger partial charge in [-0.05, 0) is 68.3 Å². The van der Waals surface area contributed by atoms with Crippen LogP contribution in [0.1, 0.15) is 49.0 Å². The van der Waals surface area contributed by atoms with Crippen LogP contribution in [0.15, 0.2) is 57.9 Å². The molecule has 0 aliphatic rings. The summed E-state index contributed by atoms with van der Waals surface area (Å²) in [7, 11) is 0. The first-order chi connectivity index (χ1) is 17.0. The Labute approximate surface area is 214 Å². The summed E-state index contributed by atoms with van der Waals surface area (Å²) in [6.07, 6.45) is 3.38. The molecule has 0 atom stereocenters. The van der Waals surface area contributed by atoms with Crippen LogP contribution in [-0.4, -0.2) is 14.9 Å². The summed E-state index contributed by atoms with van der Waals surface area (Å²) in [5.74, 6) is 0.268. The van der Waals surface area contributed by atoms with Crippen molar-refractivity contribution in [3.05, 3.63) is 96.6 Å². The van der Waals surface area contributed by atoms with Gasteiger partial charge in [0.2, 0.25) is 0 Å². The van der Waals surface area contributed by atoms with Gasteiger partial charge in [0.1, 0.15) is 22.1 Å². The number of hydrogen-bond donors (Lipinski definition) is 0. The van der Waals surface area contributed by atoms with E-state index in [0.29, 0.717) is 15.0 Å². The lowest BCUT2D eigenvalue weighted by molar-refractivity contribution is -0.120. The van der Waals surface area contributed by atoms with Gasteiger partial charge in [-0.25, -0.2) is 0 Å². The number of hydrogen-bond acceptors (Lipinski definition) is 5. The highest BCUT2D eigenvalue weighted by molar-refractivity contribution is 7.07. The number of thiazole rings is 1. The first-order valence-electron chi connectivity index (χ1n) is 11.7. The second-order valence-corrected chi connectivity index (χ2v) is 11.0. The molecule has 184 valence electrons. The lowest BCUT2D eigenvalue weighted by atomic mass is 9.87. The van der Waals surface area contributed by atoms with Gasteiger partial charge in [-0.15, -0.1) is 11.3 Å². The number of benzene rings is 1. The van der Waals surface area contributed by atoms with Crippen molar-refractivity contribution < 1.29 is 9.21 Å². The smallest absolute Gasteiger partial charge is 0.269 e. The Kier molecular flexibility index (Phi) is 6.75. The number of ketones is 1. The van der Waals surface area contributed by atoms with Crippen molar-refractivity contribution in [2.75, 3.05) is 0 Å². The van der Waals surface area contributed by atoms with Crippen molar-refractivity contribution in [1.29, 1.82) is 5.26 Å². The Morgan fingerprint density at radius 3 is 2.50 bits per heavy atom. The van der Waals surface area contributed by atoms with Gasteiger partial charge in [-0.3, -0.25) is 14.2 Å². The highest BCUT2D eigenvalue weighted by atomic mass is 32.1. The number of rotatable bonds is 5. The minimum atomic E-state index is -0.761. The van der Waals surface area contributed by atoms with E-state index in [0.717, 1.165) is 28.2 Å². The third kappa shape index (κ3) is 4.77. The number of nitrogens with zero attached hydrogens (tertiary/aromatic N) is 3. The lowest BCUT2D eigenvalue weighted by Gasteiger charge is -2.15. The van der Waals surface area contributed by atoms with E-state index in [1.165, 1.54) is 22.2 Å². The SMILES string of the molecule is Cc1cccc(-n2c(C)cc(/C=c3/s/c(=C(\C#N)C(=O)C(C)(C)C)n(Cc4ccco4)c3=O)c2C)c1. The maximum Gasteiger partial charge on any atom is 0.269 e. The van der Waals surface area contributed by atoms with Crippen LogP contribution in [0, 0.1) is 37.5 Å². The van der Waals surface area contributed by atoms with Crippen molar-refractivity contribution in [3.8, 4) is 11.8 Å². The van der Waals surface area contributed by atoms with Crippen LogP contribution in [0.25, 0.3) is 17.3 Å². The monoisotopic (exact) mass is 499 g/mol. The molecule has 0 saturated carbocycles. The van der Waals surface area contributed by atoms with Crippen LogP contribution in [0.2, 0.25) is 0 Å². The maximum atomic E-state index is 13.6. The molecule has 0 fully saturated rings. The number of aryl methyl sites for hydroxylation is 2. The summed E-state index contributed by atoms with van der Waals surface area (Å²) >= 11 is 1.17. The van der Waals surface area contributed by atoms with Crippen LogP contribution >= 0.6 is 11.3 Å². The van der Waals surface area contributed by atoms with Gasteiger partial charge >= 0.3 is 0 Å². The summed E-state index contributed by atoms with van der Waals surface area (Å²) < 4.78 is 9.89. The van der Waals surface area contributed by atoms with Crippen molar-refractivity contribution in [1.82, 2.24) is 9.13 Å². The Balaban J connectivity index is 1.97. The molecule has 3 heterocycles. The predicted molar refractivity (Wildman–Crippen MR) is 143 cm³/mol. The fourth-order valence-corrected chi connectivity index (χ4v) is 5.31. The van der Waals surface area contributed by atoms with E-state index >= 15 is 0 Å². The molecule has 0 N–H and O–H groups in total. The highest BCUT2D eigenvalue weighted by Crippen LogP contribution is 2.22. The number of carbonyl (C=O) groups excluding carboxylic acids is 1. The molecule has 4 rings (SSSR count). The molecule has 0 aliphatic heterocycles. The second kappa shape index (κ2) is 9.63. The molecule has 36 heavy (non-hydrogen) atoms. The largest absolute Gasteiger partial charge is 0.467 e. The molecule has 7 heteroatoms. The first kappa shape index (κ1) is 25.2. The van der Waals surface area contributed by atoms with E-state index in [2.05, 4.69) is 35.8 Å². The highest BCUT2D eigenvalue weighted by Gasteiger charge is 2.27. The molecule has 1 aromatic carbocycles. The molecule has 0 unspecified atom stereocenters. The minimum Gasteiger partial charge on any atom is -0.467 e. The third-order valence-electron chi connectivity index (χ3n) is 6.05. The van der Waals surface area contributed by atoms with E-state index in [4.69, 9.17) is 4.42 Å². The maximum absolute atomic E-state index is 13.6. The van der Waals surface area contributed by atoms with Gasteiger partial charge in [0.25, 0.3) is 5.56 Å². The lowest BCUT2D eigenvalue weighted by Crippen LogP contribution is -2.34. The average Bonchev–Trinajstić information content (AvgIpc) is 3.50. The van der Waals surface area contributed by atoms with E-state index in [1.807, 2.05) is 32.1 Å². The minimum absolute atomic E-state index is 0.0129. The van der Waals surface area contributed by atoms with Gasteiger partial charge in [0.05, 0.1) is 17.3 Å². The number of aromatic nitrogens is 2. The Morgan fingerprint density at radius 2 is 1.89 bits per heavy atom. The number of furan rings is 1. The average molecular weight is 500 g/mol. The van der Waals surface area contributed by atoms with Gasteiger partial charge < -0.3 is 8.98 Å². The normalized spacial score (nSPS) is 13.1. The predicted octanol–water partition coefficient (Wildman–Crippen LogP) is 4.39. The van der Waals surface area contributed by atoms with Crippen molar-refractivity contribution >= 4 is 28.8 Å². The Bertz CT molecular complexity index is 1670. The van der Waals surface area contributed by atoms with Crippen LogP contribution < -0.4 is 14.8 Å². The van der Waals surface area contributed by atoms with Crippen molar-refractivity contribution in [2.24, 2.45) is 5.41 Å². The van der Waals surface area contributed by atoms with E-state index in [-0.39, 0.29) is 23.5 Å². The second-order valence-electron chi connectivity index (χ2n) is 9.95. The molecule has 0 aliphatic carbocycles. The molecular formula is C29H29N3O3S. The fourth-order valence-electron chi connectivity index (χ4n) is 4.22. The van der Waals surface area contributed by atoms with Gasteiger partial charge in [-0.2, -0.15) is 5.26 Å². The number of carbonyl (C=O) groups is 1. The van der Waals surface area contributed by atoms with Crippen LogP contribution in [0.3, 0.4) is 0 Å². The Hall–Kier alpha value is -3.89. The van der Waals surface area contributed by atoms with Crippen LogP contribution in [0.5, 0.6) is 0 Å². The standard InChI is InChI=1S/C29H29N3O3S/c1-18-9-7-10-22(13-18)32-19(2)14-21(20(32)3)15-25-27(34)31(17-23-11-8-12-35-23)28(36-25)24(16-30)26(33)29(4,5)6/h7-15H,17H2,1-6H3/b25-15+,28-24+. The fraction of sp³-hybridized carbons (Fsp3) is 0.276. The van der Waals surface area contributed by atoms with Crippen LogP contribution in [-0.2, 0) is 11.3 Å². The zero-order valence-corrected chi connectivity index (χ0v) is 22.2. The van der Waals surface area contributed by atoms with Crippen LogP contribution in [0.4, 0.5) is 0 Å². The topological polar surface area (TPSA) is 80.9 Å². The molecular weight excluding hydrogens is 470 g/mol. The molecule has 3 aromatic heterocycles. The van der Waals surface area contributed by atoms with E-state index < -0.39 is 5.41 Å². The van der Waals surface area contributed by atoms with E-state index in [1.54, 1.807) is 32.9 Å². The van der Waals surface area contributed by atoms with Crippen molar-refractivity contribution in [3.63, 3.8) is 0 Å². The first-order valence-corrected chi connectivity index (χ1v) is 12.5. The molecule has 0 radical (unpaired) electrons. The molecule has 0 amide bonds.